The number of aromatic amines is 1. The van der Waals surface area contributed by atoms with Gasteiger partial charge in [0.25, 0.3) is 5.91 Å². The Bertz CT molecular complexity index is 1190. The number of aromatic nitrogens is 1. The second-order valence-corrected chi connectivity index (χ2v) is 7.63. The number of hydrogen-bond donors (Lipinski definition) is 1. The first-order valence-electron chi connectivity index (χ1n) is 9.84. The number of nitrogens with one attached hydrogen (secondary N) is 1. The quantitative estimate of drug-likeness (QED) is 0.493. The van der Waals surface area contributed by atoms with E-state index in [2.05, 4.69) is 17.1 Å². The minimum Gasteiger partial charge on any atom is -0.356 e. The van der Waals surface area contributed by atoms with E-state index in [1.54, 1.807) is 12.1 Å². The number of para-hydroxylation sites is 1. The number of halogens is 1. The number of benzene rings is 3. The highest BCUT2D eigenvalue weighted by atomic mass is 19.1. The van der Waals surface area contributed by atoms with Crippen molar-refractivity contribution >= 4 is 16.8 Å². The molecule has 29 heavy (non-hydrogen) atoms. The molecule has 0 radical (unpaired) electrons. The Labute approximate surface area is 168 Å². The highest BCUT2D eigenvalue weighted by molar-refractivity contribution is 5.95. The molecule has 5 rings (SSSR count). The van der Waals surface area contributed by atoms with Gasteiger partial charge >= 0.3 is 0 Å². The van der Waals surface area contributed by atoms with Crippen molar-refractivity contribution in [1.29, 1.82) is 0 Å². The monoisotopic (exact) mass is 384 g/mol. The summed E-state index contributed by atoms with van der Waals surface area (Å²) in [6.45, 7) is 2.62. The maximum absolute atomic E-state index is 13.6. The van der Waals surface area contributed by atoms with Crippen molar-refractivity contribution < 1.29 is 9.18 Å². The first-order chi connectivity index (χ1) is 14.1. The summed E-state index contributed by atoms with van der Waals surface area (Å²) >= 11 is 0. The van der Waals surface area contributed by atoms with Gasteiger partial charge in [-0.05, 0) is 54.8 Å². The first kappa shape index (κ1) is 17.7. The molecule has 1 aliphatic heterocycles. The lowest BCUT2D eigenvalue weighted by Crippen LogP contribution is -2.40. The number of rotatable bonds is 2. The number of fused-ring (bicyclic) bond motifs is 3. The van der Waals surface area contributed by atoms with Crippen LogP contribution >= 0.6 is 0 Å². The van der Waals surface area contributed by atoms with Crippen molar-refractivity contribution in [2.24, 2.45) is 0 Å². The van der Waals surface area contributed by atoms with Crippen LogP contribution in [0, 0.1) is 12.7 Å². The van der Waals surface area contributed by atoms with Gasteiger partial charge in [0, 0.05) is 28.7 Å². The fourth-order valence-electron chi connectivity index (χ4n) is 4.31. The maximum Gasteiger partial charge on any atom is 0.254 e. The molecule has 0 aliphatic carbocycles. The summed E-state index contributed by atoms with van der Waals surface area (Å²) in [4.78, 5) is 18.9. The van der Waals surface area contributed by atoms with E-state index in [0.29, 0.717) is 12.1 Å². The second-order valence-electron chi connectivity index (χ2n) is 7.63. The van der Waals surface area contributed by atoms with Gasteiger partial charge in [-0.2, -0.15) is 0 Å². The zero-order valence-electron chi connectivity index (χ0n) is 16.2. The van der Waals surface area contributed by atoms with Crippen LogP contribution < -0.4 is 0 Å². The summed E-state index contributed by atoms with van der Waals surface area (Å²) in [5.74, 6) is -0.290. The summed E-state index contributed by atoms with van der Waals surface area (Å²) in [5.41, 5.74) is 6.01. The molecule has 3 nitrogen and oxygen atoms in total. The van der Waals surface area contributed by atoms with E-state index in [0.717, 1.165) is 28.8 Å². The van der Waals surface area contributed by atoms with Gasteiger partial charge in [0.2, 0.25) is 0 Å². The first-order valence-corrected chi connectivity index (χ1v) is 9.84. The normalized spacial score (nSPS) is 16.1. The number of amides is 1. The van der Waals surface area contributed by atoms with E-state index in [4.69, 9.17) is 0 Å². The highest BCUT2D eigenvalue weighted by Gasteiger charge is 2.34. The summed E-state index contributed by atoms with van der Waals surface area (Å²) in [6, 6.07) is 22.1. The lowest BCUT2D eigenvalue weighted by Gasteiger charge is -2.36. The van der Waals surface area contributed by atoms with Crippen molar-refractivity contribution in [2.45, 2.75) is 19.4 Å². The van der Waals surface area contributed by atoms with Crippen LogP contribution in [0.15, 0.2) is 72.8 Å². The van der Waals surface area contributed by atoms with E-state index in [1.807, 2.05) is 48.2 Å². The van der Waals surface area contributed by atoms with Crippen molar-refractivity contribution in [1.82, 2.24) is 9.88 Å². The molecule has 0 saturated carbocycles. The maximum atomic E-state index is 13.6. The third-order valence-corrected chi connectivity index (χ3v) is 5.78. The molecule has 1 aliphatic rings. The molecule has 1 N–H and O–H groups in total. The molecule has 3 aromatic carbocycles. The molecule has 0 spiro atoms. The predicted molar refractivity (Wildman–Crippen MR) is 112 cm³/mol. The number of carbonyl (C=O) groups is 1. The Morgan fingerprint density at radius 3 is 2.48 bits per heavy atom. The third-order valence-electron chi connectivity index (χ3n) is 5.78. The van der Waals surface area contributed by atoms with Gasteiger partial charge in [-0.1, -0.05) is 48.0 Å². The number of hydrogen-bond acceptors (Lipinski definition) is 1. The molecule has 4 aromatic rings. The van der Waals surface area contributed by atoms with E-state index in [1.165, 1.54) is 23.1 Å². The van der Waals surface area contributed by atoms with Crippen LogP contribution in [-0.2, 0) is 6.42 Å². The SMILES string of the molecule is Cc1ccc(C(=O)N2CCc3c([nH]c4ccccc34)[C@@H]2c2ccc(F)cc2)cc1. The molecule has 0 unspecified atom stereocenters. The third kappa shape index (κ3) is 3.01. The standard InChI is InChI=1S/C25H21FN2O/c1-16-6-8-18(9-7-16)25(29)28-15-14-21-20-4-2-3-5-22(20)27-23(21)24(28)17-10-12-19(26)13-11-17/h2-13,24,27H,14-15H2,1H3/t24-/m0/s1. The van der Waals surface area contributed by atoms with Gasteiger partial charge in [-0.3, -0.25) is 4.79 Å². The second kappa shape index (κ2) is 6.89. The van der Waals surface area contributed by atoms with Crippen LogP contribution in [0.4, 0.5) is 4.39 Å². The van der Waals surface area contributed by atoms with Crippen LogP contribution in [0.1, 0.15) is 38.8 Å². The Hall–Kier alpha value is -3.40. The van der Waals surface area contributed by atoms with Crippen LogP contribution in [0.2, 0.25) is 0 Å². The highest BCUT2D eigenvalue weighted by Crippen LogP contribution is 2.39. The summed E-state index contributed by atoms with van der Waals surface area (Å²) < 4.78 is 13.6. The Balaban J connectivity index is 1.65. The lowest BCUT2D eigenvalue weighted by atomic mass is 9.91. The smallest absolute Gasteiger partial charge is 0.254 e. The molecule has 0 bridgehead atoms. The number of carbonyl (C=O) groups excluding carboxylic acids is 1. The largest absolute Gasteiger partial charge is 0.356 e. The average Bonchev–Trinajstić information content (AvgIpc) is 3.12. The van der Waals surface area contributed by atoms with Crippen LogP contribution in [0.3, 0.4) is 0 Å². The minimum absolute atomic E-state index is 0.0105. The molecule has 1 amide bonds. The van der Waals surface area contributed by atoms with Gasteiger partial charge in [0.1, 0.15) is 5.82 Å². The van der Waals surface area contributed by atoms with Gasteiger partial charge in [-0.15, -0.1) is 0 Å². The van der Waals surface area contributed by atoms with E-state index < -0.39 is 0 Å². The van der Waals surface area contributed by atoms with Gasteiger partial charge < -0.3 is 9.88 Å². The molecule has 1 atom stereocenters. The predicted octanol–water partition coefficient (Wildman–Crippen LogP) is 5.40. The van der Waals surface area contributed by atoms with Crippen molar-refractivity contribution in [2.75, 3.05) is 6.54 Å². The van der Waals surface area contributed by atoms with Gasteiger partial charge in [-0.25, -0.2) is 4.39 Å². The molecule has 1 aromatic heterocycles. The molecule has 144 valence electrons. The lowest BCUT2D eigenvalue weighted by molar-refractivity contribution is 0.0692. The molecule has 0 saturated heterocycles. The van der Waals surface area contributed by atoms with Crippen molar-refractivity contribution in [3.63, 3.8) is 0 Å². The number of nitrogens with zero attached hydrogens (tertiary/aromatic N) is 1. The van der Waals surface area contributed by atoms with Gasteiger partial charge in [0.05, 0.1) is 6.04 Å². The fraction of sp³-hybridized carbons (Fsp3) is 0.160. The molecular formula is C25H21FN2O. The zero-order chi connectivity index (χ0) is 20.0. The van der Waals surface area contributed by atoms with E-state index >= 15 is 0 Å². The van der Waals surface area contributed by atoms with E-state index in [9.17, 15) is 9.18 Å². The average molecular weight is 384 g/mol. The minimum atomic E-state index is -0.280. The Morgan fingerprint density at radius 2 is 1.72 bits per heavy atom. The van der Waals surface area contributed by atoms with E-state index in [-0.39, 0.29) is 17.8 Å². The summed E-state index contributed by atoms with van der Waals surface area (Å²) in [7, 11) is 0. The summed E-state index contributed by atoms with van der Waals surface area (Å²) in [5, 5.41) is 1.19. The van der Waals surface area contributed by atoms with Crippen molar-refractivity contribution in [3.8, 4) is 0 Å². The Kier molecular flexibility index (Phi) is 4.20. The molecule has 2 heterocycles. The van der Waals surface area contributed by atoms with Crippen LogP contribution in [0.25, 0.3) is 10.9 Å². The molecule has 0 fully saturated rings. The Morgan fingerprint density at radius 1 is 1.00 bits per heavy atom. The number of aryl methyl sites for hydroxylation is 1. The molecule has 4 heteroatoms. The van der Waals surface area contributed by atoms with Crippen LogP contribution in [0.5, 0.6) is 0 Å². The topological polar surface area (TPSA) is 36.1 Å². The van der Waals surface area contributed by atoms with Gasteiger partial charge in [0.15, 0.2) is 0 Å². The van der Waals surface area contributed by atoms with Crippen LogP contribution in [-0.4, -0.2) is 22.3 Å². The van der Waals surface area contributed by atoms with Crippen molar-refractivity contribution in [3.05, 3.63) is 107 Å². The summed E-state index contributed by atoms with van der Waals surface area (Å²) in [6.07, 6.45) is 0.786. The number of H-pyrrole nitrogens is 1. The fourth-order valence-corrected chi connectivity index (χ4v) is 4.31. The zero-order valence-corrected chi connectivity index (χ0v) is 16.2. The molecular weight excluding hydrogens is 363 g/mol.